The molecule has 1 aliphatic heterocycles. The summed E-state index contributed by atoms with van der Waals surface area (Å²) in [5.74, 6) is 0.987. The first-order valence-electron chi connectivity index (χ1n) is 10.6. The number of hydrogen-bond acceptors (Lipinski definition) is 5. The molecule has 0 spiro atoms. The van der Waals surface area contributed by atoms with Crippen LogP contribution in [0.1, 0.15) is 28.4 Å². The number of fused-ring (bicyclic) bond motifs is 1. The smallest absolute Gasteiger partial charge is 0.264 e. The van der Waals surface area contributed by atoms with Crippen molar-refractivity contribution in [1.82, 2.24) is 5.32 Å². The number of methoxy groups -OCH3 is 2. The maximum Gasteiger partial charge on any atom is 0.264 e. The predicted molar refractivity (Wildman–Crippen MR) is 126 cm³/mol. The van der Waals surface area contributed by atoms with Gasteiger partial charge in [-0.2, -0.15) is 0 Å². The highest BCUT2D eigenvalue weighted by Crippen LogP contribution is 2.37. The Labute approximate surface area is 194 Å². The molecule has 8 heteroatoms. The Morgan fingerprint density at radius 1 is 1.00 bits per heavy atom. The Morgan fingerprint density at radius 2 is 1.67 bits per heavy atom. The van der Waals surface area contributed by atoms with Crippen molar-refractivity contribution in [3.63, 3.8) is 0 Å². The van der Waals surface area contributed by atoms with Crippen LogP contribution in [0.4, 0.5) is 5.69 Å². The van der Waals surface area contributed by atoms with E-state index in [0.717, 1.165) is 11.1 Å². The summed E-state index contributed by atoms with van der Waals surface area (Å²) in [6.45, 7) is 2.10. The Morgan fingerprint density at radius 3 is 2.30 bits per heavy atom. The van der Waals surface area contributed by atoms with E-state index in [2.05, 4.69) is 5.32 Å². The number of hydrogen-bond donors (Lipinski definition) is 1. The number of amides is 1. The van der Waals surface area contributed by atoms with Crippen LogP contribution in [0, 0.1) is 0 Å². The molecular formula is C25H26N2O5S. The molecule has 33 heavy (non-hydrogen) atoms. The Hall–Kier alpha value is -3.52. The van der Waals surface area contributed by atoms with Gasteiger partial charge < -0.3 is 14.8 Å². The van der Waals surface area contributed by atoms with E-state index in [0.29, 0.717) is 29.2 Å². The maximum absolute atomic E-state index is 13.2. The van der Waals surface area contributed by atoms with E-state index in [9.17, 15) is 13.2 Å². The van der Waals surface area contributed by atoms with E-state index in [1.807, 2.05) is 25.1 Å². The SMILES string of the molecule is COc1cccc(OC)c1CNC(=O)c1ccc2c(c1)C[C@H](C)N2S(=O)(=O)c1ccccc1. The van der Waals surface area contributed by atoms with Gasteiger partial charge in [0.15, 0.2) is 0 Å². The van der Waals surface area contributed by atoms with Gasteiger partial charge in [-0.05, 0) is 61.4 Å². The molecule has 1 heterocycles. The number of benzene rings is 3. The van der Waals surface area contributed by atoms with Gasteiger partial charge >= 0.3 is 0 Å². The van der Waals surface area contributed by atoms with E-state index in [1.165, 1.54) is 4.31 Å². The fraction of sp³-hybridized carbons (Fsp3) is 0.240. The summed E-state index contributed by atoms with van der Waals surface area (Å²) in [6, 6.07) is 18.7. The summed E-state index contributed by atoms with van der Waals surface area (Å²) in [4.78, 5) is 13.1. The molecule has 1 atom stereocenters. The number of ether oxygens (including phenoxy) is 2. The third kappa shape index (κ3) is 4.26. The van der Waals surface area contributed by atoms with Gasteiger partial charge in [0, 0.05) is 11.6 Å². The molecule has 0 bridgehead atoms. The number of rotatable bonds is 7. The average molecular weight is 467 g/mol. The lowest BCUT2D eigenvalue weighted by molar-refractivity contribution is 0.0950. The molecule has 3 aromatic carbocycles. The minimum Gasteiger partial charge on any atom is -0.496 e. The highest BCUT2D eigenvalue weighted by atomic mass is 32.2. The average Bonchev–Trinajstić information content (AvgIpc) is 3.18. The van der Waals surface area contributed by atoms with Crippen LogP contribution in [0.25, 0.3) is 0 Å². The zero-order valence-electron chi connectivity index (χ0n) is 18.7. The van der Waals surface area contributed by atoms with Crippen LogP contribution in [0.2, 0.25) is 0 Å². The third-order valence-corrected chi connectivity index (χ3v) is 7.69. The largest absolute Gasteiger partial charge is 0.496 e. The standard InChI is InChI=1S/C25H26N2O5S/c1-17-14-19-15-18(25(28)26-16-21-23(31-2)10-7-11-24(21)32-3)12-13-22(19)27(17)33(29,30)20-8-5-4-6-9-20/h4-13,15,17H,14,16H2,1-3H3,(H,26,28)/t17-/m0/s1. The molecule has 0 radical (unpaired) electrons. The number of nitrogens with one attached hydrogen (secondary N) is 1. The van der Waals surface area contributed by atoms with Gasteiger partial charge in [-0.25, -0.2) is 8.42 Å². The molecule has 0 aliphatic carbocycles. The van der Waals surface area contributed by atoms with Crippen molar-refractivity contribution in [2.45, 2.75) is 30.8 Å². The van der Waals surface area contributed by atoms with E-state index < -0.39 is 10.0 Å². The van der Waals surface area contributed by atoms with Crippen LogP contribution >= 0.6 is 0 Å². The second-order valence-corrected chi connectivity index (χ2v) is 9.65. The number of anilines is 1. The topological polar surface area (TPSA) is 84.9 Å². The van der Waals surface area contributed by atoms with Crippen molar-refractivity contribution in [3.8, 4) is 11.5 Å². The fourth-order valence-electron chi connectivity index (χ4n) is 4.19. The molecule has 0 saturated carbocycles. The molecule has 1 amide bonds. The molecule has 0 aromatic heterocycles. The summed E-state index contributed by atoms with van der Waals surface area (Å²) >= 11 is 0. The van der Waals surface area contributed by atoms with E-state index in [1.54, 1.807) is 62.8 Å². The maximum atomic E-state index is 13.2. The zero-order chi connectivity index (χ0) is 23.6. The van der Waals surface area contributed by atoms with Crippen LogP contribution in [0.15, 0.2) is 71.6 Å². The van der Waals surface area contributed by atoms with Crippen molar-refractivity contribution in [2.75, 3.05) is 18.5 Å². The van der Waals surface area contributed by atoms with Gasteiger partial charge in [-0.15, -0.1) is 0 Å². The van der Waals surface area contributed by atoms with Crippen LogP contribution in [-0.4, -0.2) is 34.6 Å². The van der Waals surface area contributed by atoms with Gasteiger partial charge in [0.05, 0.1) is 36.9 Å². The second kappa shape index (κ2) is 9.15. The molecule has 0 unspecified atom stereocenters. The molecule has 0 saturated heterocycles. The summed E-state index contributed by atoms with van der Waals surface area (Å²) in [7, 11) is -0.558. The molecule has 7 nitrogen and oxygen atoms in total. The summed E-state index contributed by atoms with van der Waals surface area (Å²) < 4.78 is 38.7. The fourth-order valence-corrected chi connectivity index (χ4v) is 5.90. The number of carbonyl (C=O) groups excluding carboxylic acids is 1. The van der Waals surface area contributed by atoms with Crippen molar-refractivity contribution in [2.24, 2.45) is 0 Å². The minimum atomic E-state index is -3.69. The van der Waals surface area contributed by atoms with Gasteiger partial charge in [-0.3, -0.25) is 9.10 Å². The normalized spacial score (nSPS) is 15.1. The predicted octanol–water partition coefficient (Wildman–Crippen LogP) is 3.77. The number of sulfonamides is 1. The Bertz CT molecular complexity index is 1250. The monoisotopic (exact) mass is 466 g/mol. The minimum absolute atomic E-state index is 0.230. The molecule has 4 rings (SSSR count). The molecule has 3 aromatic rings. The zero-order valence-corrected chi connectivity index (χ0v) is 19.6. The van der Waals surface area contributed by atoms with Crippen molar-refractivity contribution >= 4 is 21.6 Å². The van der Waals surface area contributed by atoms with Crippen LogP contribution in [0.5, 0.6) is 11.5 Å². The van der Waals surface area contributed by atoms with Crippen molar-refractivity contribution in [3.05, 3.63) is 83.4 Å². The van der Waals surface area contributed by atoms with E-state index in [4.69, 9.17) is 9.47 Å². The third-order valence-electron chi connectivity index (χ3n) is 5.75. The molecule has 172 valence electrons. The second-order valence-electron chi connectivity index (χ2n) is 7.83. The van der Waals surface area contributed by atoms with Gasteiger partial charge in [0.1, 0.15) is 11.5 Å². The lowest BCUT2D eigenvalue weighted by Gasteiger charge is -2.24. The molecule has 0 fully saturated rings. The van der Waals surface area contributed by atoms with Gasteiger partial charge in [0.25, 0.3) is 15.9 Å². The number of carbonyl (C=O) groups is 1. The Kier molecular flexibility index (Phi) is 6.29. The van der Waals surface area contributed by atoms with Crippen molar-refractivity contribution < 1.29 is 22.7 Å². The highest BCUT2D eigenvalue weighted by molar-refractivity contribution is 7.92. The van der Waals surface area contributed by atoms with E-state index >= 15 is 0 Å². The Balaban J connectivity index is 1.56. The first-order chi connectivity index (χ1) is 15.9. The van der Waals surface area contributed by atoms with Gasteiger partial charge in [0.2, 0.25) is 0 Å². The first-order valence-corrected chi connectivity index (χ1v) is 12.0. The van der Waals surface area contributed by atoms with Crippen molar-refractivity contribution in [1.29, 1.82) is 0 Å². The molecule has 1 aliphatic rings. The lowest BCUT2D eigenvalue weighted by Crippen LogP contribution is -2.35. The first kappa shape index (κ1) is 22.7. The highest BCUT2D eigenvalue weighted by Gasteiger charge is 2.36. The quantitative estimate of drug-likeness (QED) is 0.573. The lowest BCUT2D eigenvalue weighted by atomic mass is 10.1. The van der Waals surface area contributed by atoms with Crippen LogP contribution < -0.4 is 19.1 Å². The van der Waals surface area contributed by atoms with Gasteiger partial charge in [-0.1, -0.05) is 24.3 Å². The summed E-state index contributed by atoms with van der Waals surface area (Å²) in [5.41, 5.74) is 2.64. The van der Waals surface area contributed by atoms with Crippen LogP contribution in [-0.2, 0) is 23.0 Å². The van der Waals surface area contributed by atoms with E-state index in [-0.39, 0.29) is 23.4 Å². The summed E-state index contributed by atoms with van der Waals surface area (Å²) in [6.07, 6.45) is 0.531. The van der Waals surface area contributed by atoms with Crippen LogP contribution in [0.3, 0.4) is 0 Å². The molecular weight excluding hydrogens is 440 g/mol. The molecule has 1 N–H and O–H groups in total. The summed E-state index contributed by atoms with van der Waals surface area (Å²) in [5, 5.41) is 2.90. The number of nitrogens with zero attached hydrogens (tertiary/aromatic N) is 1.